The van der Waals surface area contributed by atoms with Crippen LogP contribution in [0.25, 0.3) is 0 Å². The number of aliphatic hydroxyl groups is 2. The third kappa shape index (κ3) is 6.92. The Balaban J connectivity index is 2.35. The fourth-order valence-corrected chi connectivity index (χ4v) is 2.20. The van der Waals surface area contributed by atoms with Crippen LogP contribution in [0.1, 0.15) is 25.7 Å². The summed E-state index contributed by atoms with van der Waals surface area (Å²) in [5.41, 5.74) is 0. The lowest BCUT2D eigenvalue weighted by molar-refractivity contribution is -0.137. The maximum Gasteiger partial charge on any atom is 0.243 e. The highest BCUT2D eigenvalue weighted by Gasteiger charge is 2.33. The van der Waals surface area contributed by atoms with Gasteiger partial charge in [0.2, 0.25) is 23.6 Å². The molecular formula is C14H24N4O6. The monoisotopic (exact) mass is 344 g/mol. The van der Waals surface area contributed by atoms with Gasteiger partial charge < -0.3 is 31.5 Å². The Morgan fingerprint density at radius 1 is 0.833 bits per heavy atom. The molecule has 0 aliphatic carbocycles. The fraction of sp³-hybridized carbons (Fsp3) is 0.714. The number of piperazine rings is 1. The molecule has 10 heteroatoms. The summed E-state index contributed by atoms with van der Waals surface area (Å²) >= 11 is 0. The highest BCUT2D eigenvalue weighted by atomic mass is 16.3. The van der Waals surface area contributed by atoms with E-state index in [0.29, 0.717) is 0 Å². The SMILES string of the molecule is O=C(CC[C@@H]1NC(=O)[C@H](CCC(=O)NCCO)NC1=O)NCCO. The highest BCUT2D eigenvalue weighted by molar-refractivity contribution is 5.97. The molecule has 0 radical (unpaired) electrons. The topological polar surface area (TPSA) is 157 Å². The van der Waals surface area contributed by atoms with Crippen molar-refractivity contribution in [3.63, 3.8) is 0 Å². The van der Waals surface area contributed by atoms with Gasteiger partial charge >= 0.3 is 0 Å². The van der Waals surface area contributed by atoms with Gasteiger partial charge in [-0.1, -0.05) is 0 Å². The van der Waals surface area contributed by atoms with Crippen LogP contribution in [0.3, 0.4) is 0 Å². The lowest BCUT2D eigenvalue weighted by atomic mass is 10.0. The number of carbonyl (C=O) groups excluding carboxylic acids is 4. The predicted molar refractivity (Wildman–Crippen MR) is 82.5 cm³/mol. The summed E-state index contributed by atoms with van der Waals surface area (Å²) in [6, 6.07) is -1.59. The lowest BCUT2D eigenvalue weighted by Gasteiger charge is -2.29. The fourth-order valence-electron chi connectivity index (χ4n) is 2.20. The minimum atomic E-state index is -0.795. The molecule has 2 atom stereocenters. The second kappa shape index (κ2) is 10.6. The molecule has 0 bridgehead atoms. The van der Waals surface area contributed by atoms with E-state index in [0.717, 1.165) is 0 Å². The van der Waals surface area contributed by atoms with E-state index >= 15 is 0 Å². The number of carbonyl (C=O) groups is 4. The van der Waals surface area contributed by atoms with Gasteiger partial charge in [-0.2, -0.15) is 0 Å². The van der Waals surface area contributed by atoms with Crippen molar-refractivity contribution < 1.29 is 29.4 Å². The molecule has 0 aromatic rings. The predicted octanol–water partition coefficient (Wildman–Crippen LogP) is -3.25. The summed E-state index contributed by atoms with van der Waals surface area (Å²) in [6.45, 7) is -0.0507. The van der Waals surface area contributed by atoms with Crippen molar-refractivity contribution >= 4 is 23.6 Å². The maximum absolute atomic E-state index is 12.0. The van der Waals surface area contributed by atoms with Crippen LogP contribution in [0.15, 0.2) is 0 Å². The van der Waals surface area contributed by atoms with E-state index in [1.807, 2.05) is 0 Å². The number of hydrogen-bond acceptors (Lipinski definition) is 6. The smallest absolute Gasteiger partial charge is 0.243 e. The van der Waals surface area contributed by atoms with Gasteiger partial charge in [-0.3, -0.25) is 19.2 Å². The minimum Gasteiger partial charge on any atom is -0.395 e. The van der Waals surface area contributed by atoms with E-state index in [9.17, 15) is 19.2 Å². The zero-order chi connectivity index (χ0) is 17.9. The molecule has 1 aliphatic heterocycles. The summed E-state index contributed by atoms with van der Waals surface area (Å²) in [7, 11) is 0. The van der Waals surface area contributed by atoms with Crippen molar-refractivity contribution in [1.82, 2.24) is 21.3 Å². The Hall–Kier alpha value is -2.20. The van der Waals surface area contributed by atoms with Crippen molar-refractivity contribution in [2.45, 2.75) is 37.8 Å². The van der Waals surface area contributed by atoms with Crippen LogP contribution in [-0.4, -0.2) is 72.2 Å². The van der Waals surface area contributed by atoms with Gasteiger partial charge in [-0.25, -0.2) is 0 Å². The molecule has 24 heavy (non-hydrogen) atoms. The first-order chi connectivity index (χ1) is 11.5. The summed E-state index contributed by atoms with van der Waals surface area (Å²) < 4.78 is 0. The molecule has 0 aromatic carbocycles. The zero-order valence-corrected chi connectivity index (χ0v) is 13.3. The Kier molecular flexibility index (Phi) is 8.72. The number of hydrogen-bond donors (Lipinski definition) is 6. The lowest BCUT2D eigenvalue weighted by Crippen LogP contribution is -2.61. The highest BCUT2D eigenvalue weighted by Crippen LogP contribution is 2.08. The van der Waals surface area contributed by atoms with Crippen molar-refractivity contribution in [3.05, 3.63) is 0 Å². The maximum atomic E-state index is 12.0. The number of nitrogens with one attached hydrogen (secondary N) is 4. The van der Waals surface area contributed by atoms with Crippen LogP contribution in [0.4, 0.5) is 0 Å². The van der Waals surface area contributed by atoms with Crippen LogP contribution < -0.4 is 21.3 Å². The van der Waals surface area contributed by atoms with Gasteiger partial charge in [0.05, 0.1) is 13.2 Å². The summed E-state index contributed by atoms with van der Waals surface area (Å²) in [6.07, 6.45) is 0.399. The molecule has 136 valence electrons. The van der Waals surface area contributed by atoms with E-state index < -0.39 is 23.9 Å². The number of aliphatic hydroxyl groups excluding tert-OH is 2. The third-order valence-electron chi connectivity index (χ3n) is 3.45. The molecule has 0 spiro atoms. The standard InChI is InChI=1S/C14H24N4O6/c19-7-5-15-11(21)3-1-9-13(23)18-10(14(24)17-9)2-4-12(22)16-6-8-20/h9-10,19-20H,1-8H2,(H,15,21)(H,16,22)(H,17,24)(H,18,23)/t9-,10-/m0/s1. The van der Waals surface area contributed by atoms with Crippen molar-refractivity contribution in [2.24, 2.45) is 0 Å². The molecule has 0 unspecified atom stereocenters. The minimum absolute atomic E-state index is 0.0482. The molecule has 0 saturated carbocycles. The summed E-state index contributed by atoms with van der Waals surface area (Å²) in [5.74, 6) is -1.42. The largest absolute Gasteiger partial charge is 0.395 e. The molecule has 1 fully saturated rings. The van der Waals surface area contributed by atoms with Gasteiger partial charge in [-0.05, 0) is 12.8 Å². The van der Waals surface area contributed by atoms with Crippen molar-refractivity contribution in [2.75, 3.05) is 26.3 Å². The van der Waals surface area contributed by atoms with E-state index in [-0.39, 0.29) is 63.8 Å². The summed E-state index contributed by atoms with van der Waals surface area (Å²) in [5, 5.41) is 27.2. The molecule has 6 N–H and O–H groups in total. The molecule has 1 heterocycles. The Morgan fingerprint density at radius 3 is 1.54 bits per heavy atom. The van der Waals surface area contributed by atoms with Gasteiger partial charge in [0.1, 0.15) is 12.1 Å². The van der Waals surface area contributed by atoms with E-state index in [1.165, 1.54) is 0 Å². The van der Waals surface area contributed by atoms with Crippen LogP contribution in [0, 0.1) is 0 Å². The van der Waals surface area contributed by atoms with Gasteiger partial charge in [0.15, 0.2) is 0 Å². The van der Waals surface area contributed by atoms with Gasteiger partial charge in [0.25, 0.3) is 0 Å². The van der Waals surface area contributed by atoms with Crippen LogP contribution in [0.2, 0.25) is 0 Å². The normalized spacial score (nSPS) is 20.1. The van der Waals surface area contributed by atoms with Crippen molar-refractivity contribution in [1.29, 1.82) is 0 Å². The van der Waals surface area contributed by atoms with Gasteiger partial charge in [-0.15, -0.1) is 0 Å². The zero-order valence-electron chi connectivity index (χ0n) is 13.3. The molecular weight excluding hydrogens is 320 g/mol. The Labute approximate surface area is 139 Å². The molecule has 10 nitrogen and oxygen atoms in total. The number of amides is 4. The van der Waals surface area contributed by atoms with Gasteiger partial charge in [0, 0.05) is 25.9 Å². The van der Waals surface area contributed by atoms with E-state index in [1.54, 1.807) is 0 Å². The van der Waals surface area contributed by atoms with Crippen LogP contribution in [0.5, 0.6) is 0 Å². The molecule has 1 saturated heterocycles. The molecule has 1 aliphatic rings. The van der Waals surface area contributed by atoms with Crippen LogP contribution >= 0.6 is 0 Å². The second-order valence-corrected chi connectivity index (χ2v) is 5.35. The molecule has 4 amide bonds. The van der Waals surface area contributed by atoms with E-state index in [2.05, 4.69) is 21.3 Å². The third-order valence-corrected chi connectivity index (χ3v) is 3.45. The van der Waals surface area contributed by atoms with E-state index in [4.69, 9.17) is 10.2 Å². The molecule has 0 aromatic heterocycles. The van der Waals surface area contributed by atoms with Crippen molar-refractivity contribution in [3.8, 4) is 0 Å². The number of rotatable bonds is 10. The quantitative estimate of drug-likeness (QED) is 0.244. The Morgan fingerprint density at radius 2 is 1.21 bits per heavy atom. The average Bonchev–Trinajstić information content (AvgIpc) is 2.57. The molecule has 1 rings (SSSR count). The first-order valence-electron chi connectivity index (χ1n) is 7.83. The average molecular weight is 344 g/mol. The first kappa shape index (κ1) is 19.8. The first-order valence-corrected chi connectivity index (χ1v) is 7.83. The second-order valence-electron chi connectivity index (χ2n) is 5.35. The summed E-state index contributed by atoms with van der Waals surface area (Å²) in [4.78, 5) is 46.8. The Bertz CT molecular complexity index is 428. The van der Waals surface area contributed by atoms with Crippen LogP contribution in [-0.2, 0) is 19.2 Å².